The van der Waals surface area contributed by atoms with E-state index >= 15 is 0 Å². The molecule has 1 aliphatic rings. The number of benzene rings is 1. The Kier molecular flexibility index (Phi) is 2.83. The molecule has 1 aliphatic carbocycles. The van der Waals surface area contributed by atoms with Crippen molar-refractivity contribution in [3.63, 3.8) is 0 Å². The molecule has 2 atom stereocenters. The minimum atomic E-state index is 0.311. The van der Waals surface area contributed by atoms with E-state index in [1.165, 1.54) is 24.8 Å². The third kappa shape index (κ3) is 1.95. The lowest BCUT2D eigenvalue weighted by Gasteiger charge is -2.36. The second kappa shape index (κ2) is 3.94. The van der Waals surface area contributed by atoms with E-state index in [1.807, 2.05) is 0 Å². The van der Waals surface area contributed by atoms with Gasteiger partial charge in [0.15, 0.2) is 0 Å². The number of hydrogen-bond donors (Lipinski definition) is 0. The molecule has 0 spiro atoms. The van der Waals surface area contributed by atoms with Crippen molar-refractivity contribution in [3.8, 4) is 0 Å². The van der Waals surface area contributed by atoms with E-state index in [0.717, 1.165) is 6.42 Å². The van der Waals surface area contributed by atoms with Crippen LogP contribution in [-0.4, -0.2) is 5.38 Å². The minimum absolute atomic E-state index is 0.311. The summed E-state index contributed by atoms with van der Waals surface area (Å²) in [6.45, 7) is 2.34. The van der Waals surface area contributed by atoms with E-state index in [0.29, 0.717) is 10.8 Å². The number of rotatable bonds is 1. The van der Waals surface area contributed by atoms with E-state index in [-0.39, 0.29) is 0 Å². The van der Waals surface area contributed by atoms with Crippen LogP contribution < -0.4 is 0 Å². The third-order valence-corrected chi connectivity index (χ3v) is 3.76. The van der Waals surface area contributed by atoms with Crippen LogP contribution in [0.3, 0.4) is 0 Å². The van der Waals surface area contributed by atoms with E-state index in [9.17, 15) is 0 Å². The van der Waals surface area contributed by atoms with Crippen molar-refractivity contribution >= 4 is 11.6 Å². The first-order valence-electron chi connectivity index (χ1n) is 5.40. The molecule has 1 aromatic rings. The topological polar surface area (TPSA) is 0 Å². The Labute approximate surface area is 91.3 Å². The predicted molar refractivity (Wildman–Crippen MR) is 61.9 cm³/mol. The monoisotopic (exact) mass is 208 g/mol. The van der Waals surface area contributed by atoms with Crippen molar-refractivity contribution in [3.05, 3.63) is 35.9 Å². The maximum atomic E-state index is 6.25. The van der Waals surface area contributed by atoms with Gasteiger partial charge in [-0.1, -0.05) is 43.7 Å². The third-order valence-electron chi connectivity index (χ3n) is 3.39. The van der Waals surface area contributed by atoms with Gasteiger partial charge in [0.25, 0.3) is 0 Å². The molecule has 0 aromatic heterocycles. The highest BCUT2D eigenvalue weighted by Gasteiger charge is 2.32. The smallest absolute Gasteiger partial charge is 0.0344 e. The summed E-state index contributed by atoms with van der Waals surface area (Å²) in [5.41, 5.74) is 1.76. The molecule has 76 valence electrons. The van der Waals surface area contributed by atoms with Gasteiger partial charge in [0, 0.05) is 5.38 Å². The SMILES string of the molecule is C[C@@]1(c2ccccc2)CCC[C@H](Cl)C1. The van der Waals surface area contributed by atoms with Crippen molar-refractivity contribution in [2.45, 2.75) is 43.4 Å². The van der Waals surface area contributed by atoms with Gasteiger partial charge < -0.3 is 0 Å². The van der Waals surface area contributed by atoms with Gasteiger partial charge in [0.2, 0.25) is 0 Å². The molecule has 0 bridgehead atoms. The molecule has 0 heterocycles. The van der Waals surface area contributed by atoms with Gasteiger partial charge in [-0.2, -0.15) is 0 Å². The molecule has 0 unspecified atom stereocenters. The number of hydrogen-bond acceptors (Lipinski definition) is 0. The fraction of sp³-hybridized carbons (Fsp3) is 0.538. The number of halogens is 1. The highest BCUT2D eigenvalue weighted by atomic mass is 35.5. The molecule has 1 aromatic carbocycles. The average Bonchev–Trinajstić information content (AvgIpc) is 2.19. The van der Waals surface area contributed by atoms with Crippen molar-refractivity contribution in [1.29, 1.82) is 0 Å². The lowest BCUT2D eigenvalue weighted by Crippen LogP contribution is -2.30. The fourth-order valence-corrected chi connectivity index (χ4v) is 3.00. The molecule has 0 nitrogen and oxygen atoms in total. The van der Waals surface area contributed by atoms with Crippen LogP contribution in [0.1, 0.15) is 38.2 Å². The van der Waals surface area contributed by atoms with Crippen LogP contribution in [0.2, 0.25) is 0 Å². The molecule has 1 saturated carbocycles. The largest absolute Gasteiger partial charge is 0.123 e. The van der Waals surface area contributed by atoms with Crippen LogP contribution in [0.4, 0.5) is 0 Å². The molecule has 1 heteroatoms. The van der Waals surface area contributed by atoms with Crippen LogP contribution in [0.5, 0.6) is 0 Å². The zero-order valence-corrected chi connectivity index (χ0v) is 9.43. The van der Waals surface area contributed by atoms with Gasteiger partial charge in [-0.3, -0.25) is 0 Å². The average molecular weight is 209 g/mol. The number of alkyl halides is 1. The zero-order valence-electron chi connectivity index (χ0n) is 8.67. The zero-order chi connectivity index (χ0) is 10.0. The Morgan fingerprint density at radius 2 is 2.00 bits per heavy atom. The molecule has 1 fully saturated rings. The molecular formula is C13H17Cl. The van der Waals surface area contributed by atoms with E-state index < -0.39 is 0 Å². The Hall–Kier alpha value is -0.490. The summed E-state index contributed by atoms with van der Waals surface area (Å²) < 4.78 is 0. The Bertz CT molecular complexity index is 293. The van der Waals surface area contributed by atoms with Crippen LogP contribution in [0.25, 0.3) is 0 Å². The molecule has 0 aliphatic heterocycles. The molecule has 14 heavy (non-hydrogen) atoms. The van der Waals surface area contributed by atoms with Crippen molar-refractivity contribution < 1.29 is 0 Å². The fourth-order valence-electron chi connectivity index (χ4n) is 2.51. The Morgan fingerprint density at radius 3 is 2.64 bits per heavy atom. The molecule has 0 saturated heterocycles. The summed E-state index contributed by atoms with van der Waals surface area (Å²) in [5.74, 6) is 0. The summed E-state index contributed by atoms with van der Waals surface area (Å²) in [7, 11) is 0. The van der Waals surface area contributed by atoms with Crippen LogP contribution in [0.15, 0.2) is 30.3 Å². The maximum absolute atomic E-state index is 6.25. The summed E-state index contributed by atoms with van der Waals surface area (Å²) in [5, 5.41) is 0.369. The standard InChI is InChI=1S/C13H17Cl/c1-13(9-5-8-12(14)10-13)11-6-3-2-4-7-11/h2-4,6-7,12H,5,8-10H2,1H3/t12-,13+/m0/s1. The van der Waals surface area contributed by atoms with Gasteiger partial charge in [-0.05, 0) is 30.2 Å². The Balaban J connectivity index is 2.23. The lowest BCUT2D eigenvalue weighted by atomic mass is 9.71. The predicted octanol–water partition coefficient (Wildman–Crippen LogP) is 4.13. The normalized spacial score (nSPS) is 32.9. The Morgan fingerprint density at radius 1 is 1.29 bits per heavy atom. The van der Waals surface area contributed by atoms with Gasteiger partial charge in [-0.25, -0.2) is 0 Å². The van der Waals surface area contributed by atoms with E-state index in [4.69, 9.17) is 11.6 Å². The minimum Gasteiger partial charge on any atom is -0.123 e. The molecule has 0 radical (unpaired) electrons. The van der Waals surface area contributed by atoms with Gasteiger partial charge in [0.05, 0.1) is 0 Å². The van der Waals surface area contributed by atoms with Crippen LogP contribution in [0, 0.1) is 0 Å². The van der Waals surface area contributed by atoms with Crippen LogP contribution in [-0.2, 0) is 5.41 Å². The second-order valence-corrected chi connectivity index (χ2v) is 5.24. The first-order chi connectivity index (χ1) is 6.71. The molecule has 0 N–H and O–H groups in total. The second-order valence-electron chi connectivity index (χ2n) is 4.62. The van der Waals surface area contributed by atoms with Gasteiger partial charge in [-0.15, -0.1) is 11.6 Å². The molecule has 2 rings (SSSR count). The quantitative estimate of drug-likeness (QED) is 0.609. The maximum Gasteiger partial charge on any atom is 0.0344 e. The van der Waals surface area contributed by atoms with Crippen LogP contribution >= 0.6 is 11.6 Å². The summed E-state index contributed by atoms with van der Waals surface area (Å²) in [6, 6.07) is 10.8. The summed E-state index contributed by atoms with van der Waals surface area (Å²) in [6.07, 6.45) is 4.85. The van der Waals surface area contributed by atoms with E-state index in [1.54, 1.807) is 0 Å². The summed E-state index contributed by atoms with van der Waals surface area (Å²) >= 11 is 6.25. The van der Waals surface area contributed by atoms with Crippen molar-refractivity contribution in [2.75, 3.05) is 0 Å². The summed E-state index contributed by atoms with van der Waals surface area (Å²) in [4.78, 5) is 0. The highest BCUT2D eigenvalue weighted by molar-refractivity contribution is 6.20. The van der Waals surface area contributed by atoms with Crippen molar-refractivity contribution in [1.82, 2.24) is 0 Å². The lowest BCUT2D eigenvalue weighted by molar-refractivity contribution is 0.324. The molecule has 0 amide bonds. The highest BCUT2D eigenvalue weighted by Crippen LogP contribution is 2.40. The van der Waals surface area contributed by atoms with Gasteiger partial charge in [0.1, 0.15) is 0 Å². The van der Waals surface area contributed by atoms with E-state index in [2.05, 4.69) is 37.3 Å². The first-order valence-corrected chi connectivity index (χ1v) is 5.84. The molecular weight excluding hydrogens is 192 g/mol. The first kappa shape index (κ1) is 10.0. The van der Waals surface area contributed by atoms with Gasteiger partial charge >= 0.3 is 0 Å². The van der Waals surface area contributed by atoms with Crippen molar-refractivity contribution in [2.24, 2.45) is 0 Å².